The Kier molecular flexibility index (Phi) is 4.70. The van der Waals surface area contributed by atoms with Crippen LogP contribution in [0.4, 0.5) is 5.69 Å². The lowest BCUT2D eigenvalue weighted by Crippen LogP contribution is -2.27. The van der Waals surface area contributed by atoms with Crippen LogP contribution in [0.1, 0.15) is 6.42 Å². The molecule has 0 unspecified atom stereocenters. The van der Waals surface area contributed by atoms with Crippen LogP contribution >= 0.6 is 12.4 Å². The van der Waals surface area contributed by atoms with Gasteiger partial charge in [0.1, 0.15) is 0 Å². The number of aromatic nitrogens is 1. The first-order valence-electron chi connectivity index (χ1n) is 4.82. The van der Waals surface area contributed by atoms with Gasteiger partial charge >= 0.3 is 0 Å². The maximum Gasteiger partial charge on any atom is 0.0397 e. The molecule has 0 amide bonds. The molecule has 14 heavy (non-hydrogen) atoms. The highest BCUT2D eigenvalue weighted by atomic mass is 35.5. The van der Waals surface area contributed by atoms with Crippen molar-refractivity contribution in [2.75, 3.05) is 31.1 Å². The van der Waals surface area contributed by atoms with Gasteiger partial charge in [-0.25, -0.2) is 0 Å². The molecule has 1 N–H and O–H groups in total. The van der Waals surface area contributed by atoms with Gasteiger partial charge in [-0.2, -0.15) is 0 Å². The zero-order valence-electron chi connectivity index (χ0n) is 8.15. The van der Waals surface area contributed by atoms with Crippen molar-refractivity contribution < 1.29 is 0 Å². The van der Waals surface area contributed by atoms with Crippen LogP contribution in [0.15, 0.2) is 24.5 Å². The minimum Gasteiger partial charge on any atom is -0.370 e. The molecular formula is C10H16ClN3. The molecule has 1 aromatic heterocycles. The fourth-order valence-corrected chi connectivity index (χ4v) is 1.66. The van der Waals surface area contributed by atoms with Crippen LogP contribution in [-0.4, -0.2) is 31.2 Å². The Morgan fingerprint density at radius 1 is 1.14 bits per heavy atom. The summed E-state index contributed by atoms with van der Waals surface area (Å²) in [5.74, 6) is 0. The van der Waals surface area contributed by atoms with E-state index < -0.39 is 0 Å². The SMILES string of the molecule is Cl.c1cc(N2CCCNCC2)ccn1. The van der Waals surface area contributed by atoms with E-state index >= 15 is 0 Å². The minimum atomic E-state index is 0. The summed E-state index contributed by atoms with van der Waals surface area (Å²) in [4.78, 5) is 6.43. The van der Waals surface area contributed by atoms with Crippen molar-refractivity contribution >= 4 is 18.1 Å². The van der Waals surface area contributed by atoms with Gasteiger partial charge in [0.05, 0.1) is 0 Å². The first-order chi connectivity index (χ1) is 6.47. The molecule has 3 nitrogen and oxygen atoms in total. The number of hydrogen-bond acceptors (Lipinski definition) is 3. The number of rotatable bonds is 1. The molecule has 0 aromatic carbocycles. The molecule has 78 valence electrons. The molecule has 0 radical (unpaired) electrons. The van der Waals surface area contributed by atoms with Gasteiger partial charge < -0.3 is 10.2 Å². The molecule has 2 heterocycles. The van der Waals surface area contributed by atoms with Crippen LogP contribution in [0.5, 0.6) is 0 Å². The largest absolute Gasteiger partial charge is 0.370 e. The number of anilines is 1. The van der Waals surface area contributed by atoms with Crippen molar-refractivity contribution in [1.29, 1.82) is 0 Å². The van der Waals surface area contributed by atoms with Gasteiger partial charge in [0.15, 0.2) is 0 Å². The fraction of sp³-hybridized carbons (Fsp3) is 0.500. The highest BCUT2D eigenvalue weighted by Gasteiger charge is 2.07. The van der Waals surface area contributed by atoms with E-state index in [2.05, 4.69) is 27.3 Å². The Morgan fingerprint density at radius 3 is 2.71 bits per heavy atom. The third kappa shape index (κ3) is 2.86. The molecule has 0 spiro atoms. The summed E-state index contributed by atoms with van der Waals surface area (Å²) >= 11 is 0. The van der Waals surface area contributed by atoms with Crippen LogP contribution in [0.3, 0.4) is 0 Å². The first-order valence-corrected chi connectivity index (χ1v) is 4.82. The molecule has 2 rings (SSSR count). The average molecular weight is 214 g/mol. The van der Waals surface area contributed by atoms with E-state index in [1.54, 1.807) is 0 Å². The second-order valence-corrected chi connectivity index (χ2v) is 3.30. The predicted molar refractivity (Wildman–Crippen MR) is 61.2 cm³/mol. The Morgan fingerprint density at radius 2 is 1.93 bits per heavy atom. The van der Waals surface area contributed by atoms with E-state index in [-0.39, 0.29) is 12.4 Å². The molecule has 0 saturated carbocycles. The van der Waals surface area contributed by atoms with Crippen molar-refractivity contribution in [2.24, 2.45) is 0 Å². The summed E-state index contributed by atoms with van der Waals surface area (Å²) in [7, 11) is 0. The fourth-order valence-electron chi connectivity index (χ4n) is 1.66. The Hall–Kier alpha value is -0.800. The summed E-state index contributed by atoms with van der Waals surface area (Å²) in [6.45, 7) is 4.48. The number of nitrogens with zero attached hydrogens (tertiary/aromatic N) is 2. The van der Waals surface area contributed by atoms with E-state index in [1.165, 1.54) is 12.1 Å². The monoisotopic (exact) mass is 213 g/mol. The molecule has 0 bridgehead atoms. The lowest BCUT2D eigenvalue weighted by Gasteiger charge is -2.21. The van der Waals surface area contributed by atoms with Crippen molar-refractivity contribution in [3.05, 3.63) is 24.5 Å². The van der Waals surface area contributed by atoms with Gasteiger partial charge in [0.25, 0.3) is 0 Å². The van der Waals surface area contributed by atoms with Crippen LogP contribution in [0.25, 0.3) is 0 Å². The van der Waals surface area contributed by atoms with Gasteiger partial charge in [0, 0.05) is 37.7 Å². The van der Waals surface area contributed by atoms with Crippen molar-refractivity contribution in [3.63, 3.8) is 0 Å². The number of halogens is 1. The van der Waals surface area contributed by atoms with E-state index in [1.807, 2.05) is 12.4 Å². The molecule has 0 atom stereocenters. The zero-order valence-corrected chi connectivity index (χ0v) is 8.96. The third-order valence-corrected chi connectivity index (χ3v) is 2.37. The number of nitrogens with one attached hydrogen (secondary N) is 1. The van der Waals surface area contributed by atoms with Crippen molar-refractivity contribution in [1.82, 2.24) is 10.3 Å². The maximum absolute atomic E-state index is 4.02. The second-order valence-electron chi connectivity index (χ2n) is 3.30. The van der Waals surface area contributed by atoms with Crippen LogP contribution in [0, 0.1) is 0 Å². The molecular weight excluding hydrogens is 198 g/mol. The second kappa shape index (κ2) is 5.83. The lowest BCUT2D eigenvalue weighted by molar-refractivity contribution is 0.724. The maximum atomic E-state index is 4.02. The van der Waals surface area contributed by atoms with E-state index in [4.69, 9.17) is 0 Å². The van der Waals surface area contributed by atoms with Gasteiger partial charge in [-0.1, -0.05) is 0 Å². The molecule has 4 heteroatoms. The Labute approximate surface area is 90.9 Å². The lowest BCUT2D eigenvalue weighted by atomic mass is 10.3. The molecule has 1 saturated heterocycles. The summed E-state index contributed by atoms with van der Waals surface area (Å²) in [6, 6.07) is 4.15. The topological polar surface area (TPSA) is 28.2 Å². The van der Waals surface area contributed by atoms with Crippen LogP contribution < -0.4 is 10.2 Å². The Bertz CT molecular complexity index is 245. The summed E-state index contributed by atoms with van der Waals surface area (Å²) in [5, 5.41) is 3.39. The molecule has 1 aromatic rings. The van der Waals surface area contributed by atoms with Gasteiger partial charge in [-0.3, -0.25) is 4.98 Å². The van der Waals surface area contributed by atoms with Crippen molar-refractivity contribution in [3.8, 4) is 0 Å². The van der Waals surface area contributed by atoms with Gasteiger partial charge in [0.2, 0.25) is 0 Å². The number of hydrogen-bond donors (Lipinski definition) is 1. The summed E-state index contributed by atoms with van der Waals surface area (Å²) in [6.07, 6.45) is 4.93. The quantitative estimate of drug-likeness (QED) is 0.763. The van der Waals surface area contributed by atoms with Crippen molar-refractivity contribution in [2.45, 2.75) is 6.42 Å². The third-order valence-electron chi connectivity index (χ3n) is 2.37. The smallest absolute Gasteiger partial charge is 0.0397 e. The van der Waals surface area contributed by atoms with E-state index in [0.717, 1.165) is 26.2 Å². The average Bonchev–Trinajstić information content (AvgIpc) is 2.47. The van der Waals surface area contributed by atoms with E-state index in [0.29, 0.717) is 0 Å². The molecule has 0 aliphatic carbocycles. The normalized spacial score (nSPS) is 17.0. The highest BCUT2D eigenvalue weighted by Crippen LogP contribution is 2.12. The molecule has 1 aliphatic rings. The molecule has 1 aliphatic heterocycles. The highest BCUT2D eigenvalue weighted by molar-refractivity contribution is 5.85. The van der Waals surface area contributed by atoms with Gasteiger partial charge in [-0.15, -0.1) is 12.4 Å². The summed E-state index contributed by atoms with van der Waals surface area (Å²) < 4.78 is 0. The number of pyridine rings is 1. The standard InChI is InChI=1S/C10H15N3.ClH/c1-4-11-7-9-13(8-1)10-2-5-12-6-3-10;/h2-3,5-6,11H,1,4,7-9H2;1H. The summed E-state index contributed by atoms with van der Waals surface area (Å²) in [5.41, 5.74) is 1.29. The first kappa shape index (κ1) is 11.3. The molecule has 1 fully saturated rings. The van der Waals surface area contributed by atoms with Crippen LogP contribution in [0.2, 0.25) is 0 Å². The zero-order chi connectivity index (χ0) is 8.93. The van der Waals surface area contributed by atoms with E-state index in [9.17, 15) is 0 Å². The van der Waals surface area contributed by atoms with Gasteiger partial charge in [-0.05, 0) is 25.1 Å². The van der Waals surface area contributed by atoms with Crippen LogP contribution in [-0.2, 0) is 0 Å². The predicted octanol–water partition coefficient (Wildman–Crippen LogP) is 1.30. The minimum absolute atomic E-state index is 0. The Balaban J connectivity index is 0.000000980.